The van der Waals surface area contributed by atoms with Gasteiger partial charge in [-0.15, -0.1) is 0 Å². The van der Waals surface area contributed by atoms with Crippen LogP contribution in [0.3, 0.4) is 0 Å². The van der Waals surface area contributed by atoms with Gasteiger partial charge in [0, 0.05) is 19.5 Å². The lowest BCUT2D eigenvalue weighted by molar-refractivity contribution is -0.134. The molecule has 150 valence electrons. The maximum absolute atomic E-state index is 13.7. The van der Waals surface area contributed by atoms with E-state index in [2.05, 4.69) is 17.1 Å². The van der Waals surface area contributed by atoms with Gasteiger partial charge >= 0.3 is 0 Å². The van der Waals surface area contributed by atoms with Crippen LogP contribution in [-0.4, -0.2) is 35.5 Å². The van der Waals surface area contributed by atoms with E-state index in [1.807, 2.05) is 18.2 Å². The lowest BCUT2D eigenvalue weighted by Gasteiger charge is -2.31. The first-order chi connectivity index (χ1) is 14.2. The van der Waals surface area contributed by atoms with Gasteiger partial charge in [0.1, 0.15) is 5.76 Å². The number of rotatable bonds is 6. The van der Waals surface area contributed by atoms with Gasteiger partial charge in [-0.3, -0.25) is 4.79 Å². The van der Waals surface area contributed by atoms with E-state index in [1.165, 1.54) is 17.7 Å². The van der Waals surface area contributed by atoms with Crippen molar-refractivity contribution >= 4 is 5.91 Å². The molecule has 1 aliphatic rings. The van der Waals surface area contributed by atoms with Gasteiger partial charge in [0.05, 0.1) is 12.1 Å². The van der Waals surface area contributed by atoms with Crippen LogP contribution in [-0.2, 0) is 11.2 Å². The maximum atomic E-state index is 13.7. The molecule has 0 radical (unpaired) electrons. The highest BCUT2D eigenvalue weighted by Crippen LogP contribution is 2.27. The molecule has 0 saturated carbocycles. The average Bonchev–Trinajstić information content (AvgIpc) is 3.22. The molecule has 1 atom stereocenters. The van der Waals surface area contributed by atoms with Gasteiger partial charge in [-0.2, -0.15) is 0 Å². The monoisotopic (exact) mass is 394 g/mol. The van der Waals surface area contributed by atoms with Crippen LogP contribution in [0, 0.1) is 5.82 Å². The largest absolute Gasteiger partial charge is 0.481 e. The summed E-state index contributed by atoms with van der Waals surface area (Å²) in [5, 5.41) is 0. The van der Waals surface area contributed by atoms with Crippen LogP contribution in [0.1, 0.15) is 36.0 Å². The van der Waals surface area contributed by atoms with Crippen molar-refractivity contribution in [2.24, 2.45) is 0 Å². The topological polar surface area (TPSA) is 55.6 Å². The summed E-state index contributed by atoms with van der Waals surface area (Å²) in [7, 11) is 0. The summed E-state index contributed by atoms with van der Waals surface area (Å²) in [5.74, 6) is 1.01. The van der Waals surface area contributed by atoms with Crippen LogP contribution in [0.25, 0.3) is 0 Å². The SMILES string of the molecule is O=C(COc1ccccc1F)N1CCC[C@H](c2ncc(Cc3ccccc3)o2)C1. The van der Waals surface area contributed by atoms with Crippen molar-refractivity contribution in [2.75, 3.05) is 19.7 Å². The normalized spacial score (nSPS) is 16.6. The third kappa shape index (κ3) is 4.83. The van der Waals surface area contributed by atoms with Crippen molar-refractivity contribution in [3.05, 3.63) is 83.8 Å². The minimum absolute atomic E-state index is 0.0608. The van der Waals surface area contributed by atoms with Gasteiger partial charge in [0.2, 0.25) is 0 Å². The van der Waals surface area contributed by atoms with E-state index < -0.39 is 5.82 Å². The molecule has 2 aromatic carbocycles. The Bertz CT molecular complexity index is 958. The smallest absolute Gasteiger partial charge is 0.260 e. The van der Waals surface area contributed by atoms with Crippen LogP contribution >= 0.6 is 0 Å². The quantitative estimate of drug-likeness (QED) is 0.629. The zero-order valence-corrected chi connectivity index (χ0v) is 16.1. The van der Waals surface area contributed by atoms with Crippen molar-refractivity contribution in [1.82, 2.24) is 9.88 Å². The maximum Gasteiger partial charge on any atom is 0.260 e. The summed E-state index contributed by atoms with van der Waals surface area (Å²) in [4.78, 5) is 18.7. The van der Waals surface area contributed by atoms with E-state index in [0.29, 0.717) is 25.4 Å². The standard InChI is InChI=1S/C23H23FN2O3/c24-20-10-4-5-11-21(20)28-16-22(27)26-12-6-9-18(15-26)23-25-14-19(29-23)13-17-7-2-1-3-8-17/h1-5,7-8,10-11,14,18H,6,9,12-13,15-16H2/t18-/m0/s1. The molecule has 1 aliphatic heterocycles. The van der Waals surface area contributed by atoms with E-state index in [1.54, 1.807) is 23.2 Å². The molecule has 0 N–H and O–H groups in total. The molecule has 5 nitrogen and oxygen atoms in total. The van der Waals surface area contributed by atoms with Crippen molar-refractivity contribution in [2.45, 2.75) is 25.2 Å². The number of para-hydroxylation sites is 1. The lowest BCUT2D eigenvalue weighted by atomic mass is 9.98. The molecule has 29 heavy (non-hydrogen) atoms. The molecule has 2 heterocycles. The molecule has 1 saturated heterocycles. The number of nitrogens with zero attached hydrogens (tertiary/aromatic N) is 2. The van der Waals surface area contributed by atoms with Gasteiger partial charge in [-0.05, 0) is 30.5 Å². The van der Waals surface area contributed by atoms with Crippen LogP contribution in [0.5, 0.6) is 5.75 Å². The molecule has 1 fully saturated rings. The summed E-state index contributed by atoms with van der Waals surface area (Å²) < 4.78 is 25.0. The summed E-state index contributed by atoms with van der Waals surface area (Å²) in [5.41, 5.74) is 1.17. The number of aromatic nitrogens is 1. The lowest BCUT2D eigenvalue weighted by Crippen LogP contribution is -2.41. The van der Waals surface area contributed by atoms with E-state index >= 15 is 0 Å². The number of ether oxygens (including phenoxy) is 1. The number of carbonyl (C=O) groups excluding carboxylic acids is 1. The summed E-state index contributed by atoms with van der Waals surface area (Å²) in [6.07, 6.45) is 4.25. The third-order valence-electron chi connectivity index (χ3n) is 5.10. The Morgan fingerprint density at radius 2 is 1.97 bits per heavy atom. The fourth-order valence-electron chi connectivity index (χ4n) is 3.59. The first-order valence-electron chi connectivity index (χ1n) is 9.82. The number of hydrogen-bond acceptors (Lipinski definition) is 4. The minimum Gasteiger partial charge on any atom is -0.481 e. The Labute approximate surface area is 169 Å². The summed E-state index contributed by atoms with van der Waals surface area (Å²) in [6, 6.07) is 16.2. The van der Waals surface area contributed by atoms with Crippen LogP contribution < -0.4 is 4.74 Å². The summed E-state index contributed by atoms with van der Waals surface area (Å²) >= 11 is 0. The Morgan fingerprint density at radius 3 is 2.79 bits per heavy atom. The number of oxazole rings is 1. The number of likely N-dealkylation sites (tertiary alicyclic amines) is 1. The Morgan fingerprint density at radius 1 is 1.17 bits per heavy atom. The third-order valence-corrected chi connectivity index (χ3v) is 5.10. The number of carbonyl (C=O) groups is 1. The van der Waals surface area contributed by atoms with Crippen molar-refractivity contribution in [1.29, 1.82) is 0 Å². The van der Waals surface area contributed by atoms with Crippen molar-refractivity contribution in [3.8, 4) is 5.75 Å². The van der Waals surface area contributed by atoms with Gasteiger partial charge in [-0.25, -0.2) is 9.37 Å². The number of hydrogen-bond donors (Lipinski definition) is 0. The number of piperidine rings is 1. The van der Waals surface area contributed by atoms with Gasteiger partial charge < -0.3 is 14.1 Å². The molecule has 4 rings (SSSR count). The van der Waals surface area contributed by atoms with E-state index in [0.717, 1.165) is 18.6 Å². The Kier molecular flexibility index (Phi) is 5.89. The first-order valence-corrected chi connectivity index (χ1v) is 9.82. The first kappa shape index (κ1) is 19.2. The minimum atomic E-state index is -0.470. The highest BCUT2D eigenvalue weighted by atomic mass is 19.1. The van der Waals surface area contributed by atoms with Crippen molar-refractivity contribution < 1.29 is 18.3 Å². The van der Waals surface area contributed by atoms with Crippen molar-refractivity contribution in [3.63, 3.8) is 0 Å². The molecular formula is C23H23FN2O3. The van der Waals surface area contributed by atoms with Crippen LogP contribution in [0.2, 0.25) is 0 Å². The molecule has 0 spiro atoms. The fraction of sp³-hybridized carbons (Fsp3) is 0.304. The molecule has 6 heteroatoms. The van der Waals surface area contributed by atoms with E-state index in [-0.39, 0.29) is 24.2 Å². The predicted octanol–water partition coefficient (Wildman–Crippen LogP) is 4.19. The molecule has 3 aromatic rings. The summed E-state index contributed by atoms with van der Waals surface area (Å²) in [6.45, 7) is 1.01. The molecular weight excluding hydrogens is 371 g/mol. The van der Waals surface area contributed by atoms with Gasteiger partial charge in [0.15, 0.2) is 24.1 Å². The zero-order valence-electron chi connectivity index (χ0n) is 16.1. The second-order valence-corrected chi connectivity index (χ2v) is 7.23. The fourth-order valence-corrected chi connectivity index (χ4v) is 3.59. The average molecular weight is 394 g/mol. The molecule has 1 amide bonds. The highest BCUT2D eigenvalue weighted by molar-refractivity contribution is 5.78. The number of amides is 1. The Hall–Kier alpha value is -3.15. The second kappa shape index (κ2) is 8.90. The Balaban J connectivity index is 1.34. The molecule has 0 aliphatic carbocycles. The van der Waals surface area contributed by atoms with Crippen LogP contribution in [0.4, 0.5) is 4.39 Å². The zero-order chi connectivity index (χ0) is 20.1. The molecule has 1 aromatic heterocycles. The predicted molar refractivity (Wildman–Crippen MR) is 106 cm³/mol. The van der Waals surface area contributed by atoms with Gasteiger partial charge in [-0.1, -0.05) is 42.5 Å². The van der Waals surface area contributed by atoms with Crippen LogP contribution in [0.15, 0.2) is 65.2 Å². The number of halogens is 1. The van der Waals surface area contributed by atoms with Gasteiger partial charge in [0.25, 0.3) is 5.91 Å². The molecule has 0 unspecified atom stereocenters. The highest BCUT2D eigenvalue weighted by Gasteiger charge is 2.28. The molecule has 0 bridgehead atoms. The second-order valence-electron chi connectivity index (χ2n) is 7.23. The van der Waals surface area contributed by atoms with E-state index in [4.69, 9.17) is 9.15 Å². The number of benzene rings is 2. The van der Waals surface area contributed by atoms with E-state index in [9.17, 15) is 9.18 Å².